The van der Waals surface area contributed by atoms with Crippen LogP contribution in [0.2, 0.25) is 0 Å². The average molecular weight is 348 g/mol. The third kappa shape index (κ3) is 4.56. The lowest BCUT2D eigenvalue weighted by Crippen LogP contribution is -2.18. The maximum Gasteiger partial charge on any atom is 0.261 e. The normalized spacial score (nSPS) is 11.1. The highest BCUT2D eigenvalue weighted by Crippen LogP contribution is 2.18. The predicted molar refractivity (Wildman–Crippen MR) is 92.4 cm³/mol. The molecule has 0 saturated heterocycles. The van der Waals surface area contributed by atoms with Crippen molar-refractivity contribution in [1.82, 2.24) is 5.32 Å². The van der Waals surface area contributed by atoms with E-state index < -0.39 is 10.0 Å². The van der Waals surface area contributed by atoms with Gasteiger partial charge in [0, 0.05) is 24.9 Å². The van der Waals surface area contributed by atoms with E-state index in [2.05, 4.69) is 10.0 Å². The Morgan fingerprint density at radius 3 is 2.58 bits per heavy atom. The van der Waals surface area contributed by atoms with Crippen LogP contribution in [0, 0.1) is 0 Å². The Bertz CT molecular complexity index is 819. The van der Waals surface area contributed by atoms with Crippen molar-refractivity contribution >= 4 is 21.6 Å². The second-order valence-corrected chi connectivity index (χ2v) is 6.73. The van der Waals surface area contributed by atoms with Crippen molar-refractivity contribution in [2.75, 3.05) is 18.4 Å². The van der Waals surface area contributed by atoms with Gasteiger partial charge in [-0.2, -0.15) is 0 Å². The molecule has 0 aliphatic heterocycles. The summed E-state index contributed by atoms with van der Waals surface area (Å²) in [5, 5.41) is 2.50. The van der Waals surface area contributed by atoms with Crippen LogP contribution >= 0.6 is 0 Å². The van der Waals surface area contributed by atoms with Crippen LogP contribution in [0.3, 0.4) is 0 Å². The van der Waals surface area contributed by atoms with Crippen LogP contribution in [0.4, 0.5) is 5.69 Å². The summed E-state index contributed by atoms with van der Waals surface area (Å²) in [6, 6.07) is 12.9. The summed E-state index contributed by atoms with van der Waals surface area (Å²) >= 11 is 0. The van der Waals surface area contributed by atoms with E-state index in [9.17, 15) is 13.2 Å². The maximum absolute atomic E-state index is 12.5. The van der Waals surface area contributed by atoms with E-state index in [0.717, 1.165) is 5.56 Å². The molecule has 0 aliphatic rings. The number of benzene rings is 2. The summed E-state index contributed by atoms with van der Waals surface area (Å²) in [6.07, 6.45) is 0. The number of amides is 1. The number of carbonyl (C=O) groups excluding carboxylic acids is 1. The highest BCUT2D eigenvalue weighted by Gasteiger charge is 2.15. The molecule has 0 radical (unpaired) electrons. The standard InChI is InChI=1S/C17H20N2O4S/c1-3-23-12-13-6-4-9-16(10-13)24(21,22)19-15-8-5-7-14(11-15)17(20)18-2/h4-11,19H,3,12H2,1-2H3,(H,18,20). The molecule has 7 heteroatoms. The van der Waals surface area contributed by atoms with E-state index in [1.807, 2.05) is 6.92 Å². The minimum Gasteiger partial charge on any atom is -0.377 e. The van der Waals surface area contributed by atoms with Crippen molar-refractivity contribution in [2.24, 2.45) is 0 Å². The fraction of sp³-hybridized carbons (Fsp3) is 0.235. The van der Waals surface area contributed by atoms with E-state index in [4.69, 9.17) is 4.74 Å². The number of hydrogen-bond acceptors (Lipinski definition) is 4. The summed E-state index contributed by atoms with van der Waals surface area (Å²) in [4.78, 5) is 11.8. The summed E-state index contributed by atoms with van der Waals surface area (Å²) < 4.78 is 32.8. The SMILES string of the molecule is CCOCc1cccc(S(=O)(=O)Nc2cccc(C(=O)NC)c2)c1. The summed E-state index contributed by atoms with van der Waals surface area (Å²) in [6.45, 7) is 2.79. The molecule has 0 spiro atoms. The highest BCUT2D eigenvalue weighted by atomic mass is 32.2. The topological polar surface area (TPSA) is 84.5 Å². The van der Waals surface area contributed by atoms with Gasteiger partial charge in [-0.3, -0.25) is 9.52 Å². The molecule has 0 fully saturated rings. The maximum atomic E-state index is 12.5. The van der Waals surface area contributed by atoms with Gasteiger partial charge >= 0.3 is 0 Å². The van der Waals surface area contributed by atoms with Crippen LogP contribution in [-0.4, -0.2) is 28.0 Å². The molecule has 2 rings (SSSR count). The first-order chi connectivity index (χ1) is 11.5. The molecular weight excluding hydrogens is 328 g/mol. The zero-order valence-corrected chi connectivity index (χ0v) is 14.4. The van der Waals surface area contributed by atoms with Crippen LogP contribution < -0.4 is 10.0 Å². The molecule has 2 aromatic rings. The molecule has 2 N–H and O–H groups in total. The van der Waals surface area contributed by atoms with Crippen molar-refractivity contribution in [1.29, 1.82) is 0 Å². The molecule has 2 aromatic carbocycles. The van der Waals surface area contributed by atoms with Crippen molar-refractivity contribution in [3.63, 3.8) is 0 Å². The Hall–Kier alpha value is -2.38. The number of nitrogens with one attached hydrogen (secondary N) is 2. The van der Waals surface area contributed by atoms with Crippen molar-refractivity contribution in [3.05, 3.63) is 59.7 Å². The fourth-order valence-corrected chi connectivity index (χ4v) is 3.22. The minimum atomic E-state index is -3.75. The molecule has 6 nitrogen and oxygen atoms in total. The molecular formula is C17H20N2O4S. The third-order valence-corrected chi connectivity index (χ3v) is 4.66. The largest absolute Gasteiger partial charge is 0.377 e. The van der Waals surface area contributed by atoms with Gasteiger partial charge < -0.3 is 10.1 Å². The third-order valence-electron chi connectivity index (χ3n) is 3.29. The van der Waals surface area contributed by atoms with Gasteiger partial charge in [0.15, 0.2) is 0 Å². The molecule has 0 saturated carbocycles. The molecule has 0 bridgehead atoms. The number of sulfonamides is 1. The van der Waals surface area contributed by atoms with Gasteiger partial charge in [0.1, 0.15) is 0 Å². The second kappa shape index (κ2) is 7.94. The van der Waals surface area contributed by atoms with Crippen molar-refractivity contribution < 1.29 is 17.9 Å². The van der Waals surface area contributed by atoms with Crippen molar-refractivity contribution in [2.45, 2.75) is 18.4 Å². The summed E-state index contributed by atoms with van der Waals surface area (Å²) in [5.74, 6) is -0.283. The van der Waals surface area contributed by atoms with Gasteiger partial charge in [-0.15, -0.1) is 0 Å². The average Bonchev–Trinajstić information content (AvgIpc) is 2.59. The minimum absolute atomic E-state index is 0.144. The number of anilines is 1. The first-order valence-electron chi connectivity index (χ1n) is 7.48. The Morgan fingerprint density at radius 2 is 1.88 bits per heavy atom. The van der Waals surface area contributed by atoms with E-state index in [-0.39, 0.29) is 10.8 Å². The lowest BCUT2D eigenvalue weighted by molar-refractivity contribution is 0.0963. The van der Waals surface area contributed by atoms with Crippen LogP contribution in [-0.2, 0) is 21.4 Å². The Kier molecular flexibility index (Phi) is 5.94. The monoisotopic (exact) mass is 348 g/mol. The fourth-order valence-electron chi connectivity index (χ4n) is 2.10. The van der Waals surface area contributed by atoms with Crippen LogP contribution in [0.25, 0.3) is 0 Å². The molecule has 0 heterocycles. The Morgan fingerprint density at radius 1 is 1.12 bits per heavy atom. The summed E-state index contributed by atoms with van der Waals surface area (Å²) in [7, 11) is -2.23. The smallest absolute Gasteiger partial charge is 0.261 e. The Balaban J connectivity index is 2.24. The van der Waals surface area contributed by atoms with Gasteiger partial charge in [0.25, 0.3) is 15.9 Å². The zero-order valence-electron chi connectivity index (χ0n) is 13.6. The van der Waals surface area contributed by atoms with Gasteiger partial charge in [-0.25, -0.2) is 8.42 Å². The molecule has 1 amide bonds. The van der Waals surface area contributed by atoms with Crippen LogP contribution in [0.1, 0.15) is 22.8 Å². The molecule has 0 aliphatic carbocycles. The quantitative estimate of drug-likeness (QED) is 0.805. The molecule has 0 unspecified atom stereocenters. The predicted octanol–water partition coefficient (Wildman–Crippen LogP) is 2.38. The number of rotatable bonds is 7. The first-order valence-corrected chi connectivity index (χ1v) is 8.96. The van der Waals surface area contributed by atoms with Gasteiger partial charge in [0.05, 0.1) is 11.5 Å². The van der Waals surface area contributed by atoms with Crippen molar-refractivity contribution in [3.8, 4) is 0 Å². The number of carbonyl (C=O) groups is 1. The lowest BCUT2D eigenvalue weighted by Gasteiger charge is -2.10. The molecule has 0 atom stereocenters. The van der Waals surface area contributed by atoms with E-state index in [0.29, 0.717) is 24.5 Å². The van der Waals surface area contributed by atoms with E-state index in [1.165, 1.54) is 19.2 Å². The van der Waals surface area contributed by atoms with Crippen LogP contribution in [0.15, 0.2) is 53.4 Å². The first kappa shape index (κ1) is 18.0. The molecule has 128 valence electrons. The lowest BCUT2D eigenvalue weighted by atomic mass is 10.2. The van der Waals surface area contributed by atoms with Gasteiger partial charge in [0.2, 0.25) is 0 Å². The van der Waals surface area contributed by atoms with Gasteiger partial charge in [-0.1, -0.05) is 18.2 Å². The summed E-state index contributed by atoms with van der Waals surface area (Å²) in [5.41, 5.74) is 1.48. The molecule has 24 heavy (non-hydrogen) atoms. The number of hydrogen-bond donors (Lipinski definition) is 2. The molecule has 0 aromatic heterocycles. The van der Waals surface area contributed by atoms with E-state index in [1.54, 1.807) is 36.4 Å². The zero-order chi connectivity index (χ0) is 17.6. The second-order valence-electron chi connectivity index (χ2n) is 5.05. The Labute approximate surface area is 141 Å². The van der Waals surface area contributed by atoms with Gasteiger partial charge in [-0.05, 0) is 42.8 Å². The van der Waals surface area contributed by atoms with E-state index >= 15 is 0 Å². The number of ether oxygens (including phenoxy) is 1. The highest BCUT2D eigenvalue weighted by molar-refractivity contribution is 7.92. The van der Waals surface area contributed by atoms with Crippen LogP contribution in [0.5, 0.6) is 0 Å².